The van der Waals surface area contributed by atoms with Crippen molar-refractivity contribution in [3.63, 3.8) is 0 Å². The number of rotatable bonds is 8. The summed E-state index contributed by atoms with van der Waals surface area (Å²) in [7, 11) is 7.09. The van der Waals surface area contributed by atoms with Gasteiger partial charge in [0.2, 0.25) is 11.2 Å². The van der Waals surface area contributed by atoms with E-state index in [9.17, 15) is 19.2 Å². The standard InChI is InChI=1S/C30H41N9O3.C15H19ClN4O.C15H23N5O2/c1-30(2,3)42-29(41)38-21-11-12-22(38)18-37(17-21)25-14-13-24(34-35-25)32-28-31-16-19-15-23(27(40)36(4)5)39(26(19)33-28)20-9-7-6-8-10-20;1-19(2)14(21)12-8-10-9-17-15(16)18-13(10)20(12)11-6-4-3-5-7-11;1-15(2,3)22-14(21)20-10-4-5-11(20)9-19(8-10)13-7-6-12(16)17-18-13/h13-16,20-22H,6-12,17-18H2,1-5H3,(H,31,32,33,34);8-9,11H,3-7H2,1-2H3;6-7,10-11H,4-5,8-9H2,1-3H3,(H2,16,17). The average Bonchev–Trinajstić information content (AvgIpc) is 3.46. The quantitative estimate of drug-likeness (QED) is 0.134. The van der Waals surface area contributed by atoms with E-state index in [4.69, 9.17) is 31.8 Å². The second-order valence-corrected chi connectivity index (χ2v) is 26.1. The van der Waals surface area contributed by atoms with Gasteiger partial charge in [0, 0.05) is 89.6 Å². The number of anilines is 5. The zero-order chi connectivity index (χ0) is 60.5. The Bertz CT molecular complexity index is 3320. The topological polar surface area (TPSA) is 257 Å². The maximum absolute atomic E-state index is 13.1. The van der Waals surface area contributed by atoms with Gasteiger partial charge in [0.1, 0.15) is 39.7 Å². The first-order chi connectivity index (χ1) is 40.5. The molecule has 12 rings (SSSR count). The van der Waals surface area contributed by atoms with Gasteiger partial charge in [-0.25, -0.2) is 19.6 Å². The minimum atomic E-state index is -0.513. The number of nitrogens with two attached hydrogens (primary N) is 1. The van der Waals surface area contributed by atoms with Gasteiger partial charge in [0.25, 0.3) is 11.8 Å². The number of aromatic nitrogens is 10. The number of ether oxygens (including phenoxy) is 2. The van der Waals surface area contributed by atoms with Crippen molar-refractivity contribution in [2.24, 2.45) is 0 Å². The van der Waals surface area contributed by atoms with E-state index in [2.05, 4.69) is 59.6 Å². The summed E-state index contributed by atoms with van der Waals surface area (Å²) in [6.07, 6.45) is 18.3. The number of fused-ring (bicyclic) bond motifs is 6. The zero-order valence-corrected chi connectivity index (χ0v) is 51.6. The van der Waals surface area contributed by atoms with Crippen LogP contribution >= 0.6 is 11.6 Å². The van der Waals surface area contributed by atoms with Crippen molar-refractivity contribution >= 4 is 86.9 Å². The highest BCUT2D eigenvalue weighted by Crippen LogP contribution is 2.38. The number of carbonyl (C=O) groups is 4. The van der Waals surface area contributed by atoms with Crippen molar-refractivity contribution < 1.29 is 28.7 Å². The Morgan fingerprint density at radius 2 is 0.976 bits per heavy atom. The number of hydrogen-bond donors (Lipinski definition) is 2. The Morgan fingerprint density at radius 1 is 0.553 bits per heavy atom. The molecule has 4 amide bonds. The summed E-state index contributed by atoms with van der Waals surface area (Å²) >= 11 is 5.95. The van der Waals surface area contributed by atoms with Crippen molar-refractivity contribution in [1.29, 1.82) is 0 Å². The molecule has 6 aromatic rings. The van der Waals surface area contributed by atoms with Gasteiger partial charge in [-0.2, -0.15) is 9.97 Å². The lowest BCUT2D eigenvalue weighted by Gasteiger charge is -2.41. The highest BCUT2D eigenvalue weighted by Gasteiger charge is 2.46. The molecule has 6 fully saturated rings. The fourth-order valence-corrected chi connectivity index (χ4v) is 13.0. The van der Waals surface area contributed by atoms with Gasteiger partial charge in [-0.1, -0.05) is 38.5 Å². The maximum Gasteiger partial charge on any atom is 0.410 e. The molecular formula is C60H83ClN18O6. The van der Waals surface area contributed by atoms with E-state index in [1.54, 1.807) is 56.5 Å². The summed E-state index contributed by atoms with van der Waals surface area (Å²) in [5.74, 6) is 2.91. The third-order valence-electron chi connectivity index (χ3n) is 16.6. The molecule has 6 aromatic heterocycles. The number of nitrogens with zero attached hydrogens (tertiary/aromatic N) is 16. The first kappa shape index (κ1) is 60.5. The van der Waals surface area contributed by atoms with E-state index in [1.807, 2.05) is 81.7 Å². The molecule has 24 nitrogen and oxygen atoms in total. The largest absolute Gasteiger partial charge is 0.444 e. The summed E-state index contributed by atoms with van der Waals surface area (Å²) in [4.78, 5) is 79.9. The second kappa shape index (κ2) is 25.1. The summed E-state index contributed by atoms with van der Waals surface area (Å²) in [6.45, 7) is 14.3. The van der Waals surface area contributed by atoms with Gasteiger partial charge in [-0.3, -0.25) is 19.4 Å². The highest BCUT2D eigenvalue weighted by atomic mass is 35.5. The molecule has 4 bridgehead atoms. The molecule has 2 aliphatic carbocycles. The summed E-state index contributed by atoms with van der Waals surface area (Å²) < 4.78 is 15.4. The molecule has 6 aliphatic rings. The van der Waals surface area contributed by atoms with Crippen LogP contribution in [0.2, 0.25) is 5.28 Å². The van der Waals surface area contributed by atoms with Crippen LogP contribution in [0.25, 0.3) is 22.1 Å². The van der Waals surface area contributed by atoms with Crippen molar-refractivity contribution in [2.45, 2.75) is 179 Å². The number of nitrogen functional groups attached to an aromatic ring is 1. The van der Waals surface area contributed by atoms with Crippen LogP contribution in [-0.2, 0) is 9.47 Å². The molecule has 0 aromatic carbocycles. The van der Waals surface area contributed by atoms with Crippen molar-refractivity contribution in [1.82, 2.24) is 69.1 Å². The average molecular weight is 1190 g/mol. The van der Waals surface area contributed by atoms with Crippen LogP contribution in [0, 0.1) is 0 Å². The lowest BCUT2D eigenvalue weighted by atomic mass is 9.95. The Morgan fingerprint density at radius 3 is 1.38 bits per heavy atom. The normalized spacial score (nSPS) is 20.8. The molecule has 4 unspecified atom stereocenters. The number of nitrogens with one attached hydrogen (secondary N) is 1. The molecule has 4 aliphatic heterocycles. The molecule has 0 spiro atoms. The second-order valence-electron chi connectivity index (χ2n) is 25.7. The number of halogens is 1. The first-order valence-electron chi connectivity index (χ1n) is 30.1. The Kier molecular flexibility index (Phi) is 17.9. The van der Waals surface area contributed by atoms with Crippen molar-refractivity contribution in [3.8, 4) is 0 Å². The van der Waals surface area contributed by atoms with E-state index < -0.39 is 11.2 Å². The summed E-state index contributed by atoms with van der Waals surface area (Å²) in [6, 6.07) is 12.3. The number of carbonyl (C=O) groups excluding carboxylic acids is 4. The zero-order valence-electron chi connectivity index (χ0n) is 50.9. The third kappa shape index (κ3) is 13.9. The fraction of sp³-hybridized carbons (Fsp3) is 0.600. The monoisotopic (exact) mass is 1190 g/mol. The molecule has 25 heteroatoms. The van der Waals surface area contributed by atoms with Gasteiger partial charge >= 0.3 is 12.2 Å². The molecule has 4 saturated heterocycles. The Labute approximate surface area is 502 Å². The highest BCUT2D eigenvalue weighted by molar-refractivity contribution is 6.28. The molecule has 2 saturated carbocycles. The van der Waals surface area contributed by atoms with Crippen molar-refractivity contribution in [3.05, 3.63) is 65.5 Å². The van der Waals surface area contributed by atoms with E-state index in [-0.39, 0.29) is 59.5 Å². The molecule has 0 radical (unpaired) electrons. The third-order valence-corrected chi connectivity index (χ3v) is 16.8. The van der Waals surface area contributed by atoms with Crippen LogP contribution in [0.5, 0.6) is 0 Å². The summed E-state index contributed by atoms with van der Waals surface area (Å²) in [5, 5.41) is 22.1. The van der Waals surface area contributed by atoms with Gasteiger partial charge in [0.05, 0.1) is 24.2 Å². The molecule has 85 heavy (non-hydrogen) atoms. The van der Waals surface area contributed by atoms with Gasteiger partial charge < -0.3 is 49.3 Å². The number of piperazine rings is 2. The molecule has 4 atom stereocenters. The van der Waals surface area contributed by atoms with Crippen LogP contribution in [-0.4, -0.2) is 183 Å². The van der Waals surface area contributed by atoms with Crippen LogP contribution in [0.3, 0.4) is 0 Å². The summed E-state index contributed by atoms with van der Waals surface area (Å²) in [5.41, 5.74) is 7.46. The minimum Gasteiger partial charge on any atom is -0.444 e. The van der Waals surface area contributed by atoms with Crippen LogP contribution in [0.4, 0.5) is 38.8 Å². The van der Waals surface area contributed by atoms with E-state index in [0.717, 1.165) is 111 Å². The SMILES string of the molecule is CC(C)(C)OC(=O)N1C2CCC1CN(c1ccc(N)nn1)C2.CN(C)C(=O)c1cc2cnc(Cl)nc2n1C1CCCCC1.CN(C)C(=O)c1cc2cnc(Nc3ccc(N4CC5CCC(C4)N5C(=O)OC(C)(C)C)nn3)nc2n1C1CCCCC1. The molecule has 456 valence electrons. The van der Waals surface area contributed by atoms with Crippen LogP contribution in [0.15, 0.2) is 48.8 Å². The van der Waals surface area contributed by atoms with Gasteiger partial charge in [-0.15, -0.1) is 20.4 Å². The lowest BCUT2D eigenvalue weighted by Crippen LogP contribution is -2.57. The number of amides is 4. The predicted molar refractivity (Wildman–Crippen MR) is 326 cm³/mol. The smallest absolute Gasteiger partial charge is 0.410 e. The van der Waals surface area contributed by atoms with Crippen LogP contribution < -0.4 is 20.9 Å². The lowest BCUT2D eigenvalue weighted by molar-refractivity contribution is 0.0111. The van der Waals surface area contributed by atoms with Gasteiger partial charge in [0.15, 0.2) is 17.5 Å². The molecular weight excluding hydrogens is 1100 g/mol. The molecule has 10 heterocycles. The van der Waals surface area contributed by atoms with Gasteiger partial charge in [-0.05, 0) is 141 Å². The first-order valence-corrected chi connectivity index (χ1v) is 30.4. The fourth-order valence-electron chi connectivity index (χ4n) is 12.8. The molecule has 3 N–H and O–H groups in total. The number of hydrogen-bond acceptors (Lipinski definition) is 18. The van der Waals surface area contributed by atoms with E-state index >= 15 is 0 Å². The maximum atomic E-state index is 13.1. The minimum absolute atomic E-state index is 0.00491. The van der Waals surface area contributed by atoms with E-state index in [0.29, 0.717) is 48.1 Å². The Balaban J connectivity index is 0.000000157. The van der Waals surface area contributed by atoms with Crippen LogP contribution in [0.1, 0.15) is 164 Å². The van der Waals surface area contributed by atoms with E-state index in [1.165, 1.54) is 25.7 Å². The Hall–Kier alpha value is -7.63. The predicted octanol–water partition coefficient (Wildman–Crippen LogP) is 9.70. The van der Waals surface area contributed by atoms with Crippen molar-refractivity contribution in [2.75, 3.05) is 75.2 Å².